The molecule has 2 aromatic rings. The van der Waals surface area contributed by atoms with Gasteiger partial charge in [-0.25, -0.2) is 0 Å². The minimum Gasteiger partial charge on any atom is -0.345 e. The summed E-state index contributed by atoms with van der Waals surface area (Å²) in [5.41, 5.74) is 2.14. The second-order valence-corrected chi connectivity index (χ2v) is 6.50. The first-order valence-electron chi connectivity index (χ1n) is 7.59. The lowest BCUT2D eigenvalue weighted by atomic mass is 10.1. The summed E-state index contributed by atoms with van der Waals surface area (Å²) in [5.74, 6) is 0.00123. The van der Waals surface area contributed by atoms with Gasteiger partial charge < -0.3 is 10.6 Å². The Balaban J connectivity index is 1.83. The van der Waals surface area contributed by atoms with E-state index in [1.807, 2.05) is 60.8 Å². The highest BCUT2D eigenvalue weighted by molar-refractivity contribution is 6.30. The molecule has 0 radical (unpaired) electrons. The zero-order valence-electron chi connectivity index (χ0n) is 13.2. The van der Waals surface area contributed by atoms with Crippen LogP contribution < -0.4 is 10.6 Å². The van der Waals surface area contributed by atoms with Crippen LogP contribution in [0.5, 0.6) is 0 Å². The zero-order valence-corrected chi connectivity index (χ0v) is 14.7. The normalized spacial score (nSPS) is 13.4. The second kappa shape index (κ2) is 8.34. The topological polar surface area (TPSA) is 45.7 Å². The van der Waals surface area contributed by atoms with Gasteiger partial charge in [0.15, 0.2) is 6.54 Å². The lowest BCUT2D eigenvalue weighted by Crippen LogP contribution is -2.87. The first-order chi connectivity index (χ1) is 11.0. The summed E-state index contributed by atoms with van der Waals surface area (Å²) in [6.45, 7) is 4.38. The number of quaternary nitrogens is 1. The van der Waals surface area contributed by atoms with Gasteiger partial charge in [0.05, 0.1) is 6.04 Å². The third-order valence-corrected chi connectivity index (χ3v) is 4.27. The first kappa shape index (κ1) is 17.8. The molecule has 0 fully saturated rings. The summed E-state index contributed by atoms with van der Waals surface area (Å²) in [5, 5.41) is 6.39. The van der Waals surface area contributed by atoms with Crippen molar-refractivity contribution in [2.24, 2.45) is 0 Å². The number of carbonyl (C=O) groups is 1. The van der Waals surface area contributed by atoms with Gasteiger partial charge in [-0.1, -0.05) is 47.5 Å². The summed E-state index contributed by atoms with van der Waals surface area (Å²) in [4.78, 5) is 12.1. The van der Waals surface area contributed by atoms with Gasteiger partial charge >= 0.3 is 0 Å². The molecular formula is C18H21Cl2N2O+. The van der Waals surface area contributed by atoms with Gasteiger partial charge in [-0.05, 0) is 43.7 Å². The Labute approximate surface area is 147 Å². The van der Waals surface area contributed by atoms with Crippen molar-refractivity contribution in [2.45, 2.75) is 25.9 Å². The number of hydrogen-bond donors (Lipinski definition) is 2. The molecule has 3 nitrogen and oxygen atoms in total. The number of amides is 1. The smallest absolute Gasteiger partial charge is 0.275 e. The number of benzene rings is 2. The van der Waals surface area contributed by atoms with Crippen molar-refractivity contribution >= 4 is 29.1 Å². The fraction of sp³-hybridized carbons (Fsp3) is 0.278. The molecule has 1 amide bonds. The number of halogens is 2. The molecule has 3 N–H and O–H groups in total. The summed E-state index contributed by atoms with van der Waals surface area (Å²) >= 11 is 11.9. The van der Waals surface area contributed by atoms with Crippen molar-refractivity contribution in [1.29, 1.82) is 0 Å². The van der Waals surface area contributed by atoms with Gasteiger partial charge in [-0.2, -0.15) is 0 Å². The molecule has 0 spiro atoms. The third kappa shape index (κ3) is 5.54. The van der Waals surface area contributed by atoms with Crippen molar-refractivity contribution in [3.05, 3.63) is 69.7 Å². The molecule has 0 unspecified atom stereocenters. The second-order valence-electron chi connectivity index (χ2n) is 5.62. The largest absolute Gasteiger partial charge is 0.345 e. The van der Waals surface area contributed by atoms with Crippen LogP contribution in [0.4, 0.5) is 0 Å². The average Bonchev–Trinajstić information content (AvgIpc) is 2.53. The van der Waals surface area contributed by atoms with E-state index in [0.29, 0.717) is 16.6 Å². The van der Waals surface area contributed by atoms with Crippen molar-refractivity contribution in [1.82, 2.24) is 5.32 Å². The molecule has 0 aliphatic carbocycles. The minimum atomic E-state index is -0.0466. The van der Waals surface area contributed by atoms with Gasteiger partial charge in [0.25, 0.3) is 5.91 Å². The van der Waals surface area contributed by atoms with Gasteiger partial charge in [0, 0.05) is 15.6 Å². The number of hydrogen-bond acceptors (Lipinski definition) is 1. The Kier molecular flexibility index (Phi) is 6.46. The van der Waals surface area contributed by atoms with Crippen LogP contribution in [0.3, 0.4) is 0 Å². The average molecular weight is 352 g/mol. The van der Waals surface area contributed by atoms with Gasteiger partial charge in [0.2, 0.25) is 0 Å². The summed E-state index contributed by atoms with van der Waals surface area (Å²) in [6, 6.07) is 15.3. The molecule has 0 aromatic heterocycles. The quantitative estimate of drug-likeness (QED) is 0.821. The SMILES string of the molecule is C[C@H](NC(=O)C[NH2+][C@@H](C)c1cccc(Cl)c1)c1ccc(Cl)cc1. The maximum atomic E-state index is 12.1. The Morgan fingerprint density at radius 1 is 1.04 bits per heavy atom. The van der Waals surface area contributed by atoms with Crippen LogP contribution in [0.1, 0.15) is 37.1 Å². The molecule has 2 atom stereocenters. The standard InChI is InChI=1S/C18H20Cl2N2O/c1-12(15-4-3-5-17(20)10-15)21-11-18(23)22-13(2)14-6-8-16(19)9-7-14/h3-10,12-13,21H,11H2,1-2H3,(H,22,23)/p+1/t12-,13-/m0/s1. The van der Waals surface area contributed by atoms with Crippen molar-refractivity contribution < 1.29 is 10.1 Å². The van der Waals surface area contributed by atoms with E-state index in [9.17, 15) is 4.79 Å². The maximum Gasteiger partial charge on any atom is 0.275 e. The molecule has 0 saturated heterocycles. The molecule has 2 aromatic carbocycles. The van der Waals surface area contributed by atoms with Crippen LogP contribution in [0.2, 0.25) is 10.0 Å². The lowest BCUT2D eigenvalue weighted by Gasteiger charge is -2.15. The predicted molar refractivity (Wildman–Crippen MR) is 94.7 cm³/mol. The maximum absolute atomic E-state index is 12.1. The van der Waals surface area contributed by atoms with Crippen LogP contribution in [0.15, 0.2) is 48.5 Å². The van der Waals surface area contributed by atoms with E-state index in [0.717, 1.165) is 11.1 Å². The molecular weight excluding hydrogens is 331 g/mol. The Morgan fingerprint density at radius 2 is 1.74 bits per heavy atom. The van der Waals surface area contributed by atoms with Gasteiger partial charge in [-0.3, -0.25) is 4.79 Å². The van der Waals surface area contributed by atoms with E-state index >= 15 is 0 Å². The highest BCUT2D eigenvalue weighted by Crippen LogP contribution is 2.16. The third-order valence-electron chi connectivity index (χ3n) is 3.78. The minimum absolute atomic E-state index is 0.00123. The van der Waals surface area contributed by atoms with E-state index in [4.69, 9.17) is 23.2 Å². The first-order valence-corrected chi connectivity index (χ1v) is 8.35. The molecule has 5 heteroatoms. The number of rotatable bonds is 6. The van der Waals surface area contributed by atoms with Crippen LogP contribution in [0.25, 0.3) is 0 Å². The van der Waals surface area contributed by atoms with E-state index in [1.165, 1.54) is 0 Å². The number of carbonyl (C=O) groups excluding carboxylic acids is 1. The van der Waals surface area contributed by atoms with E-state index < -0.39 is 0 Å². The Hall–Kier alpha value is -1.55. The van der Waals surface area contributed by atoms with E-state index in [2.05, 4.69) is 12.2 Å². The molecule has 0 bridgehead atoms. The Morgan fingerprint density at radius 3 is 2.39 bits per heavy atom. The van der Waals surface area contributed by atoms with Crippen LogP contribution in [-0.4, -0.2) is 12.5 Å². The summed E-state index contributed by atoms with van der Waals surface area (Å²) in [6.07, 6.45) is 0. The van der Waals surface area contributed by atoms with E-state index in [1.54, 1.807) is 0 Å². The van der Waals surface area contributed by atoms with Crippen molar-refractivity contribution in [3.63, 3.8) is 0 Å². The highest BCUT2D eigenvalue weighted by atomic mass is 35.5. The molecule has 0 heterocycles. The van der Waals surface area contributed by atoms with E-state index in [-0.39, 0.29) is 18.0 Å². The number of nitrogens with one attached hydrogen (secondary N) is 1. The monoisotopic (exact) mass is 351 g/mol. The lowest BCUT2D eigenvalue weighted by molar-refractivity contribution is -0.682. The highest BCUT2D eigenvalue weighted by Gasteiger charge is 2.14. The fourth-order valence-electron chi connectivity index (χ4n) is 2.34. The molecule has 0 aliphatic rings. The summed E-state index contributed by atoms with van der Waals surface area (Å²) < 4.78 is 0. The van der Waals surface area contributed by atoms with Crippen molar-refractivity contribution in [3.8, 4) is 0 Å². The van der Waals surface area contributed by atoms with Crippen LogP contribution >= 0.6 is 23.2 Å². The molecule has 122 valence electrons. The summed E-state index contributed by atoms with van der Waals surface area (Å²) in [7, 11) is 0. The zero-order chi connectivity index (χ0) is 16.8. The molecule has 0 saturated carbocycles. The number of nitrogens with two attached hydrogens (primary N) is 1. The van der Waals surface area contributed by atoms with Gasteiger partial charge in [0.1, 0.15) is 6.04 Å². The fourth-order valence-corrected chi connectivity index (χ4v) is 2.67. The molecule has 0 aliphatic heterocycles. The molecule has 2 rings (SSSR count). The van der Waals surface area contributed by atoms with Crippen molar-refractivity contribution in [2.75, 3.05) is 6.54 Å². The van der Waals surface area contributed by atoms with Crippen LogP contribution in [-0.2, 0) is 4.79 Å². The van der Waals surface area contributed by atoms with Crippen LogP contribution in [0, 0.1) is 0 Å². The Bertz CT molecular complexity index is 658. The molecule has 23 heavy (non-hydrogen) atoms. The predicted octanol–water partition coefficient (Wildman–Crippen LogP) is 3.50. The van der Waals surface area contributed by atoms with Gasteiger partial charge in [-0.15, -0.1) is 0 Å².